The van der Waals surface area contributed by atoms with E-state index in [2.05, 4.69) is 5.32 Å². The number of anilines is 1. The zero-order valence-electron chi connectivity index (χ0n) is 19.4. The topological polar surface area (TPSA) is 96.0 Å². The van der Waals surface area contributed by atoms with Crippen molar-refractivity contribution in [1.82, 2.24) is 10.2 Å². The lowest BCUT2D eigenvalue weighted by Gasteiger charge is -2.45. The first kappa shape index (κ1) is 22.3. The van der Waals surface area contributed by atoms with E-state index in [1.807, 2.05) is 55.1 Å². The maximum atomic E-state index is 13.9. The monoisotopic (exact) mass is 461 g/mol. The van der Waals surface area contributed by atoms with Crippen LogP contribution < -0.4 is 10.2 Å². The summed E-state index contributed by atoms with van der Waals surface area (Å²) in [4.78, 5) is 57.0. The molecule has 0 radical (unpaired) electrons. The van der Waals surface area contributed by atoms with Gasteiger partial charge in [-0.1, -0.05) is 47.5 Å². The standard InChI is InChI=1S/C26H27N3O5/c1-15-4-8-17(9-5-15)22-20-21(24(32)29(23(20)31)18-10-6-16(2)7-11-18)26(14-19(30)34-3)25(33)27-12-13-28(22)26/h4-11,20-22H,12-14H2,1-3H3,(H,27,33). The highest BCUT2D eigenvalue weighted by atomic mass is 16.5. The van der Waals surface area contributed by atoms with E-state index < -0.39 is 41.2 Å². The van der Waals surface area contributed by atoms with E-state index in [1.165, 1.54) is 12.0 Å². The van der Waals surface area contributed by atoms with Crippen LogP contribution in [0.5, 0.6) is 0 Å². The molecule has 0 aromatic heterocycles. The minimum Gasteiger partial charge on any atom is -0.469 e. The number of benzene rings is 2. The number of nitrogens with zero attached hydrogens (tertiary/aromatic N) is 2. The molecule has 3 aliphatic heterocycles. The predicted octanol–water partition coefficient (Wildman–Crippen LogP) is 1.90. The van der Waals surface area contributed by atoms with Crippen molar-refractivity contribution in [2.45, 2.75) is 31.8 Å². The van der Waals surface area contributed by atoms with Crippen molar-refractivity contribution in [3.8, 4) is 0 Å². The summed E-state index contributed by atoms with van der Waals surface area (Å²) >= 11 is 0. The van der Waals surface area contributed by atoms with Gasteiger partial charge in [0, 0.05) is 19.1 Å². The molecule has 3 heterocycles. The Labute approximate surface area is 197 Å². The molecule has 3 saturated heterocycles. The van der Waals surface area contributed by atoms with Crippen LogP contribution in [0.25, 0.3) is 0 Å². The molecule has 3 fully saturated rings. The summed E-state index contributed by atoms with van der Waals surface area (Å²) in [7, 11) is 1.26. The van der Waals surface area contributed by atoms with Crippen LogP contribution in [-0.2, 0) is 23.9 Å². The smallest absolute Gasteiger partial charge is 0.307 e. The fraction of sp³-hybridized carbons (Fsp3) is 0.385. The van der Waals surface area contributed by atoms with E-state index in [9.17, 15) is 19.2 Å². The second kappa shape index (κ2) is 8.06. The van der Waals surface area contributed by atoms with Crippen LogP contribution in [0.3, 0.4) is 0 Å². The Hall–Kier alpha value is -3.52. The number of ether oxygens (including phenoxy) is 1. The van der Waals surface area contributed by atoms with Crippen molar-refractivity contribution in [2.75, 3.05) is 25.1 Å². The zero-order valence-corrected chi connectivity index (χ0v) is 19.4. The van der Waals surface area contributed by atoms with Gasteiger partial charge in [0.05, 0.1) is 31.1 Å². The van der Waals surface area contributed by atoms with Crippen LogP contribution in [0.4, 0.5) is 5.69 Å². The Morgan fingerprint density at radius 2 is 1.62 bits per heavy atom. The lowest BCUT2D eigenvalue weighted by molar-refractivity contribution is -0.154. The van der Waals surface area contributed by atoms with Crippen LogP contribution in [-0.4, -0.2) is 54.3 Å². The fourth-order valence-corrected chi connectivity index (χ4v) is 5.87. The average molecular weight is 462 g/mol. The molecule has 0 aliphatic carbocycles. The second-order valence-corrected chi connectivity index (χ2v) is 9.33. The van der Waals surface area contributed by atoms with Gasteiger partial charge < -0.3 is 10.1 Å². The van der Waals surface area contributed by atoms with E-state index in [-0.39, 0.29) is 12.3 Å². The van der Waals surface area contributed by atoms with Gasteiger partial charge >= 0.3 is 5.97 Å². The number of aryl methyl sites for hydroxylation is 2. The first-order valence-corrected chi connectivity index (χ1v) is 11.4. The van der Waals surface area contributed by atoms with E-state index in [0.29, 0.717) is 18.8 Å². The molecule has 0 bridgehead atoms. The van der Waals surface area contributed by atoms with Crippen LogP contribution in [0.2, 0.25) is 0 Å². The largest absolute Gasteiger partial charge is 0.469 e. The van der Waals surface area contributed by atoms with Gasteiger partial charge in [0.15, 0.2) is 0 Å². The molecule has 3 amide bonds. The Bertz CT molecular complexity index is 1180. The highest BCUT2D eigenvalue weighted by Gasteiger charge is 2.73. The number of nitrogens with one attached hydrogen (secondary N) is 1. The van der Waals surface area contributed by atoms with Crippen LogP contribution in [0, 0.1) is 25.7 Å². The van der Waals surface area contributed by atoms with Gasteiger partial charge in [-0.05, 0) is 31.5 Å². The molecular weight excluding hydrogens is 434 g/mol. The first-order valence-electron chi connectivity index (χ1n) is 11.4. The number of amides is 3. The molecule has 8 nitrogen and oxygen atoms in total. The molecule has 0 spiro atoms. The number of esters is 1. The number of methoxy groups -OCH3 is 1. The van der Waals surface area contributed by atoms with Gasteiger partial charge in [-0.25, -0.2) is 4.90 Å². The number of hydrogen-bond acceptors (Lipinski definition) is 6. The molecule has 34 heavy (non-hydrogen) atoms. The number of piperazine rings is 1. The minimum absolute atomic E-state index is 0.306. The Morgan fingerprint density at radius 1 is 1.00 bits per heavy atom. The van der Waals surface area contributed by atoms with Gasteiger partial charge in [0.2, 0.25) is 17.7 Å². The number of carbonyl (C=O) groups excluding carboxylic acids is 4. The summed E-state index contributed by atoms with van der Waals surface area (Å²) in [5, 5.41) is 2.84. The highest BCUT2D eigenvalue weighted by molar-refractivity contribution is 6.24. The molecule has 0 saturated carbocycles. The quantitative estimate of drug-likeness (QED) is 0.552. The summed E-state index contributed by atoms with van der Waals surface area (Å²) in [6, 6.07) is 14.4. The maximum absolute atomic E-state index is 13.9. The highest BCUT2D eigenvalue weighted by Crippen LogP contribution is 2.57. The van der Waals surface area contributed by atoms with E-state index >= 15 is 0 Å². The van der Waals surface area contributed by atoms with Crippen LogP contribution in [0.1, 0.15) is 29.2 Å². The number of carbonyl (C=O) groups is 4. The molecule has 3 aliphatic rings. The van der Waals surface area contributed by atoms with Gasteiger partial charge in [-0.2, -0.15) is 0 Å². The molecule has 4 unspecified atom stereocenters. The maximum Gasteiger partial charge on any atom is 0.307 e. The number of imide groups is 1. The lowest BCUT2D eigenvalue weighted by atomic mass is 9.76. The third kappa shape index (κ3) is 3.09. The summed E-state index contributed by atoms with van der Waals surface area (Å²) < 4.78 is 4.94. The molecule has 2 aromatic rings. The number of fused-ring (bicyclic) bond motifs is 3. The number of hydrogen-bond donors (Lipinski definition) is 1. The predicted molar refractivity (Wildman–Crippen MR) is 124 cm³/mol. The van der Waals surface area contributed by atoms with Gasteiger partial charge in [0.1, 0.15) is 5.54 Å². The number of rotatable bonds is 4. The Balaban J connectivity index is 1.70. The molecule has 5 rings (SSSR count). The fourth-order valence-electron chi connectivity index (χ4n) is 5.87. The van der Waals surface area contributed by atoms with Crippen molar-refractivity contribution in [3.63, 3.8) is 0 Å². The minimum atomic E-state index is -1.50. The molecule has 2 aromatic carbocycles. The van der Waals surface area contributed by atoms with Crippen molar-refractivity contribution in [3.05, 3.63) is 65.2 Å². The summed E-state index contributed by atoms with van der Waals surface area (Å²) in [6.07, 6.45) is -0.306. The van der Waals surface area contributed by atoms with Crippen molar-refractivity contribution in [2.24, 2.45) is 11.8 Å². The van der Waals surface area contributed by atoms with Crippen molar-refractivity contribution < 1.29 is 23.9 Å². The average Bonchev–Trinajstić information content (AvgIpc) is 3.26. The Morgan fingerprint density at radius 3 is 2.24 bits per heavy atom. The van der Waals surface area contributed by atoms with E-state index in [0.717, 1.165) is 16.7 Å². The van der Waals surface area contributed by atoms with Crippen molar-refractivity contribution >= 4 is 29.4 Å². The molecule has 176 valence electrons. The summed E-state index contributed by atoms with van der Waals surface area (Å²) in [5.74, 6) is -3.63. The van der Waals surface area contributed by atoms with Gasteiger partial charge in [0.25, 0.3) is 0 Å². The summed E-state index contributed by atoms with van der Waals surface area (Å²) in [5.41, 5.74) is 1.87. The third-order valence-corrected chi connectivity index (χ3v) is 7.44. The zero-order chi connectivity index (χ0) is 24.2. The van der Waals surface area contributed by atoms with Gasteiger partial charge in [-0.15, -0.1) is 0 Å². The van der Waals surface area contributed by atoms with Crippen LogP contribution in [0.15, 0.2) is 48.5 Å². The van der Waals surface area contributed by atoms with E-state index in [4.69, 9.17) is 4.74 Å². The third-order valence-electron chi connectivity index (χ3n) is 7.44. The molecule has 8 heteroatoms. The van der Waals surface area contributed by atoms with Crippen LogP contribution >= 0.6 is 0 Å². The second-order valence-electron chi connectivity index (χ2n) is 9.33. The lowest BCUT2D eigenvalue weighted by Crippen LogP contribution is -2.67. The first-order chi connectivity index (χ1) is 16.3. The SMILES string of the molecule is COC(=O)CC12C(=O)NCCN1C(c1ccc(C)cc1)C1C(=O)N(c3ccc(C)cc3)C(=O)C12. The normalized spacial score (nSPS) is 28.5. The summed E-state index contributed by atoms with van der Waals surface area (Å²) in [6.45, 7) is 4.68. The van der Waals surface area contributed by atoms with Gasteiger partial charge in [-0.3, -0.25) is 24.1 Å². The van der Waals surface area contributed by atoms with E-state index in [1.54, 1.807) is 12.1 Å². The molecule has 1 N–H and O–H groups in total. The van der Waals surface area contributed by atoms with Crippen molar-refractivity contribution in [1.29, 1.82) is 0 Å². The molecular formula is C26H27N3O5. The Kier molecular flexibility index (Phi) is 5.28. The molecule has 4 atom stereocenters.